The van der Waals surface area contributed by atoms with Gasteiger partial charge < -0.3 is 11.1 Å². The van der Waals surface area contributed by atoms with Crippen LogP contribution in [0.25, 0.3) is 0 Å². The Labute approximate surface area is 111 Å². The van der Waals surface area contributed by atoms with Gasteiger partial charge in [0.25, 0.3) is 11.8 Å². The smallest absolute Gasteiger partial charge is 0.286 e. The highest BCUT2D eigenvalue weighted by Crippen LogP contribution is 2.18. The summed E-state index contributed by atoms with van der Waals surface area (Å²) < 4.78 is 0.170. The molecule has 1 aromatic heterocycles. The maximum Gasteiger partial charge on any atom is 0.286 e. The largest absolute Gasteiger partial charge is 0.366 e. The highest BCUT2D eigenvalue weighted by atomic mass is 35.5. The van der Waals surface area contributed by atoms with E-state index in [2.05, 4.69) is 15.5 Å². The monoisotopic (exact) mass is 282 g/mol. The minimum atomic E-state index is -0.624. The molecule has 0 saturated heterocycles. The van der Waals surface area contributed by atoms with E-state index in [9.17, 15) is 9.59 Å². The number of rotatable bonds is 3. The minimum absolute atomic E-state index is 0.110. The molecule has 0 aliphatic carbocycles. The van der Waals surface area contributed by atoms with Gasteiger partial charge in [-0.15, -0.1) is 10.2 Å². The van der Waals surface area contributed by atoms with Gasteiger partial charge >= 0.3 is 0 Å². The molecule has 0 radical (unpaired) electrons. The van der Waals surface area contributed by atoms with E-state index in [0.717, 1.165) is 11.3 Å². The standard InChI is InChI=1S/C10H7ClN4O2S/c11-10-15-14-9(18-10)8(17)13-6-4-2-1-3-5(6)7(12)16/h1-4H,(H2,12,16)(H,13,17). The van der Waals surface area contributed by atoms with E-state index >= 15 is 0 Å². The topological polar surface area (TPSA) is 98.0 Å². The molecule has 18 heavy (non-hydrogen) atoms. The zero-order valence-electron chi connectivity index (χ0n) is 8.88. The molecule has 0 aliphatic rings. The molecule has 92 valence electrons. The lowest BCUT2D eigenvalue weighted by Crippen LogP contribution is -2.18. The average molecular weight is 283 g/mol. The third-order valence-corrected chi connectivity index (χ3v) is 3.05. The third-order valence-electron chi connectivity index (χ3n) is 2.04. The molecule has 2 amide bonds. The Kier molecular flexibility index (Phi) is 3.54. The molecule has 1 aromatic carbocycles. The number of amides is 2. The van der Waals surface area contributed by atoms with Crippen LogP contribution in [0.15, 0.2) is 24.3 Å². The van der Waals surface area contributed by atoms with Crippen LogP contribution >= 0.6 is 22.9 Å². The summed E-state index contributed by atoms with van der Waals surface area (Å²) >= 11 is 6.52. The van der Waals surface area contributed by atoms with Crippen molar-refractivity contribution in [2.24, 2.45) is 5.73 Å². The van der Waals surface area contributed by atoms with Crippen molar-refractivity contribution in [1.29, 1.82) is 0 Å². The number of halogens is 1. The highest BCUT2D eigenvalue weighted by Gasteiger charge is 2.15. The van der Waals surface area contributed by atoms with E-state index in [0.29, 0.717) is 5.69 Å². The Hall–Kier alpha value is -1.99. The molecule has 0 fully saturated rings. The van der Waals surface area contributed by atoms with E-state index in [1.807, 2.05) is 0 Å². The van der Waals surface area contributed by atoms with Crippen LogP contribution in [0, 0.1) is 0 Å². The van der Waals surface area contributed by atoms with Crippen LogP contribution in [0.2, 0.25) is 4.47 Å². The lowest BCUT2D eigenvalue weighted by atomic mass is 10.1. The Morgan fingerprint density at radius 1 is 1.28 bits per heavy atom. The molecule has 6 nitrogen and oxygen atoms in total. The van der Waals surface area contributed by atoms with Gasteiger partial charge in [0.1, 0.15) is 0 Å². The van der Waals surface area contributed by atoms with Crippen molar-refractivity contribution in [3.8, 4) is 0 Å². The summed E-state index contributed by atoms with van der Waals surface area (Å²) in [6.45, 7) is 0. The van der Waals surface area contributed by atoms with Gasteiger partial charge in [0.15, 0.2) is 0 Å². The van der Waals surface area contributed by atoms with Crippen LogP contribution in [-0.2, 0) is 0 Å². The van der Waals surface area contributed by atoms with E-state index in [1.54, 1.807) is 18.2 Å². The zero-order valence-corrected chi connectivity index (χ0v) is 10.5. The molecular formula is C10H7ClN4O2S. The quantitative estimate of drug-likeness (QED) is 0.892. The fourth-order valence-corrected chi connectivity index (χ4v) is 2.00. The predicted octanol–water partition coefficient (Wildman–Crippen LogP) is 1.54. The number of aromatic nitrogens is 2. The van der Waals surface area contributed by atoms with Crippen LogP contribution < -0.4 is 11.1 Å². The fourth-order valence-electron chi connectivity index (χ4n) is 1.28. The van der Waals surface area contributed by atoms with Gasteiger partial charge in [-0.1, -0.05) is 23.5 Å². The summed E-state index contributed by atoms with van der Waals surface area (Å²) in [5.74, 6) is -1.12. The van der Waals surface area contributed by atoms with Crippen molar-refractivity contribution < 1.29 is 9.59 Å². The van der Waals surface area contributed by atoms with Crippen LogP contribution in [0.5, 0.6) is 0 Å². The zero-order chi connectivity index (χ0) is 13.1. The summed E-state index contributed by atoms with van der Waals surface area (Å²) in [4.78, 5) is 23.0. The number of carbonyl (C=O) groups excluding carboxylic acids is 2. The second kappa shape index (κ2) is 5.11. The molecule has 2 aromatic rings. The van der Waals surface area contributed by atoms with E-state index in [-0.39, 0.29) is 15.0 Å². The van der Waals surface area contributed by atoms with Crippen LogP contribution in [0.1, 0.15) is 20.2 Å². The van der Waals surface area contributed by atoms with Gasteiger partial charge in [-0.3, -0.25) is 9.59 Å². The highest BCUT2D eigenvalue weighted by molar-refractivity contribution is 7.17. The van der Waals surface area contributed by atoms with Crippen molar-refractivity contribution in [3.05, 3.63) is 39.3 Å². The third kappa shape index (κ3) is 2.63. The maximum atomic E-state index is 11.8. The molecule has 0 spiro atoms. The van der Waals surface area contributed by atoms with Crippen molar-refractivity contribution in [2.45, 2.75) is 0 Å². The van der Waals surface area contributed by atoms with Gasteiger partial charge in [0.2, 0.25) is 9.47 Å². The van der Waals surface area contributed by atoms with Crippen molar-refractivity contribution >= 4 is 40.4 Å². The van der Waals surface area contributed by atoms with E-state index < -0.39 is 11.8 Å². The first-order chi connectivity index (χ1) is 8.58. The van der Waals surface area contributed by atoms with Gasteiger partial charge in [0.05, 0.1) is 11.3 Å². The first-order valence-electron chi connectivity index (χ1n) is 4.77. The Morgan fingerprint density at radius 2 is 2.00 bits per heavy atom. The molecule has 0 bridgehead atoms. The van der Waals surface area contributed by atoms with Crippen molar-refractivity contribution in [3.63, 3.8) is 0 Å². The summed E-state index contributed by atoms with van der Waals surface area (Å²) in [7, 11) is 0. The molecular weight excluding hydrogens is 276 g/mol. The molecule has 8 heteroatoms. The predicted molar refractivity (Wildman–Crippen MR) is 67.8 cm³/mol. The average Bonchev–Trinajstić information content (AvgIpc) is 2.76. The van der Waals surface area contributed by atoms with Gasteiger partial charge in [0, 0.05) is 0 Å². The lowest BCUT2D eigenvalue weighted by Gasteiger charge is -2.06. The second-order valence-corrected chi connectivity index (χ2v) is 4.78. The maximum absolute atomic E-state index is 11.8. The molecule has 0 saturated carbocycles. The number of primary amides is 1. The second-order valence-electron chi connectivity index (χ2n) is 3.22. The van der Waals surface area contributed by atoms with E-state index in [1.165, 1.54) is 6.07 Å². The number of nitrogens with one attached hydrogen (secondary N) is 1. The summed E-state index contributed by atoms with van der Waals surface area (Å²) in [6, 6.07) is 6.42. The molecule has 1 heterocycles. The van der Waals surface area contributed by atoms with E-state index in [4.69, 9.17) is 17.3 Å². The number of nitrogens with zero attached hydrogens (tertiary/aromatic N) is 2. The van der Waals surface area contributed by atoms with Gasteiger partial charge in [-0.25, -0.2) is 0 Å². The first kappa shape index (κ1) is 12.5. The molecule has 2 rings (SSSR count). The number of para-hydroxylation sites is 1. The molecule has 3 N–H and O–H groups in total. The Balaban J connectivity index is 2.24. The van der Waals surface area contributed by atoms with Gasteiger partial charge in [-0.05, 0) is 23.7 Å². The SMILES string of the molecule is NC(=O)c1ccccc1NC(=O)c1nnc(Cl)s1. The Morgan fingerprint density at radius 3 is 2.61 bits per heavy atom. The minimum Gasteiger partial charge on any atom is -0.366 e. The van der Waals surface area contributed by atoms with Crippen LogP contribution in [0.4, 0.5) is 5.69 Å². The van der Waals surface area contributed by atoms with Crippen LogP contribution in [-0.4, -0.2) is 22.0 Å². The fraction of sp³-hybridized carbons (Fsp3) is 0. The first-order valence-corrected chi connectivity index (χ1v) is 5.96. The molecule has 0 aliphatic heterocycles. The summed E-state index contributed by atoms with van der Waals surface area (Å²) in [6.07, 6.45) is 0. The number of nitrogens with two attached hydrogens (primary N) is 1. The summed E-state index contributed by atoms with van der Waals surface area (Å²) in [5, 5.41) is 9.75. The Bertz CT molecular complexity index is 613. The normalized spacial score (nSPS) is 10.1. The number of benzene rings is 1. The molecule has 0 unspecified atom stereocenters. The van der Waals surface area contributed by atoms with Crippen molar-refractivity contribution in [1.82, 2.24) is 10.2 Å². The lowest BCUT2D eigenvalue weighted by molar-refractivity contribution is 0.100. The number of hydrogen-bond donors (Lipinski definition) is 2. The number of carbonyl (C=O) groups is 2. The van der Waals surface area contributed by atoms with Crippen LogP contribution in [0.3, 0.4) is 0 Å². The summed E-state index contributed by atoms with van der Waals surface area (Å²) in [5.41, 5.74) is 5.74. The van der Waals surface area contributed by atoms with Crippen molar-refractivity contribution in [2.75, 3.05) is 5.32 Å². The number of anilines is 1. The molecule has 0 atom stereocenters. The number of hydrogen-bond acceptors (Lipinski definition) is 5. The van der Waals surface area contributed by atoms with Gasteiger partial charge in [-0.2, -0.15) is 0 Å².